The van der Waals surface area contributed by atoms with Gasteiger partial charge in [0.25, 0.3) is 34.4 Å². The highest BCUT2D eigenvalue weighted by Gasteiger charge is 2.49. The number of pyridine rings is 3. The van der Waals surface area contributed by atoms with Crippen LogP contribution < -0.4 is 46.1 Å². The van der Waals surface area contributed by atoms with Crippen molar-refractivity contribution in [3.05, 3.63) is 261 Å². The number of halogens is 15. The molecule has 3 aromatic heterocycles. The second-order valence-corrected chi connectivity index (χ2v) is 25.9. The molecule has 104 heavy (non-hydrogen) atoms. The minimum atomic E-state index is -5.42. The highest BCUT2D eigenvalue weighted by molar-refractivity contribution is 7.55. The molecule has 6 aromatic carbocycles. The minimum Gasteiger partial charge on any atom is -0.322 e. The molecular formula is C69H52F15N9O10P+. The lowest BCUT2D eigenvalue weighted by molar-refractivity contribution is -0.140. The molecule has 0 atom stereocenters. The molecule has 0 saturated carbocycles. The summed E-state index contributed by atoms with van der Waals surface area (Å²) in [6.07, 6.45) is -16.0. The average molecular weight is 1480 g/mol. The maximum Gasteiger partial charge on any atom is 0.578 e. The van der Waals surface area contributed by atoms with Gasteiger partial charge in [-0.3, -0.25) is 57.2 Å². The first-order chi connectivity index (χ1) is 48.7. The number of amides is 3. The molecule has 0 bridgehead atoms. The fourth-order valence-corrected chi connectivity index (χ4v) is 13.6. The van der Waals surface area contributed by atoms with E-state index in [2.05, 4.69) is 0 Å². The van der Waals surface area contributed by atoms with E-state index in [4.69, 9.17) is 13.6 Å². The van der Waals surface area contributed by atoms with Crippen LogP contribution in [0.5, 0.6) is 0 Å². The van der Waals surface area contributed by atoms with E-state index in [0.29, 0.717) is 18.2 Å². The van der Waals surface area contributed by atoms with Crippen LogP contribution in [0.3, 0.4) is 0 Å². The third kappa shape index (κ3) is 13.4. The van der Waals surface area contributed by atoms with Gasteiger partial charge in [0.2, 0.25) is 0 Å². The Morgan fingerprint density at radius 1 is 0.337 bits per heavy atom. The lowest BCUT2D eigenvalue weighted by atomic mass is 10.0. The molecule has 0 spiro atoms. The fraction of sp³-hybridized carbons (Fsp3) is 0.217. The number of hydrogen-bond acceptors (Lipinski definition) is 13. The summed E-state index contributed by atoms with van der Waals surface area (Å²) in [5.41, 5.74) is -12.5. The number of hydrogen-bond donors (Lipinski definition) is 1. The summed E-state index contributed by atoms with van der Waals surface area (Å²) in [4.78, 5) is 105. The van der Waals surface area contributed by atoms with Gasteiger partial charge < -0.3 is 14.7 Å². The van der Waals surface area contributed by atoms with Crippen molar-refractivity contribution in [2.45, 2.75) is 80.3 Å². The smallest absolute Gasteiger partial charge is 0.322 e. The Bertz CT molecular complexity index is 4770. The van der Waals surface area contributed by atoms with Crippen molar-refractivity contribution in [2.75, 3.05) is 49.4 Å². The van der Waals surface area contributed by atoms with Crippen LogP contribution in [0.2, 0.25) is 0 Å². The van der Waals surface area contributed by atoms with Crippen molar-refractivity contribution >= 4 is 77.1 Å². The molecule has 0 saturated heterocycles. The lowest BCUT2D eigenvalue weighted by Gasteiger charge is -2.39. The van der Waals surface area contributed by atoms with E-state index >= 15 is 13.2 Å². The minimum absolute atomic E-state index is 0.0831. The molecule has 3 aliphatic rings. The number of benzene rings is 6. The molecule has 12 rings (SSSR count). The Hall–Kier alpha value is -10.8. The van der Waals surface area contributed by atoms with Crippen molar-refractivity contribution in [1.82, 2.24) is 13.7 Å². The van der Waals surface area contributed by atoms with Crippen molar-refractivity contribution in [3.8, 4) is 0 Å². The summed E-state index contributed by atoms with van der Waals surface area (Å²) in [7, 11) is -5.42. The van der Waals surface area contributed by atoms with Gasteiger partial charge in [-0.2, -0.15) is 44.4 Å². The molecule has 542 valence electrons. The van der Waals surface area contributed by atoms with Crippen LogP contribution in [-0.2, 0) is 52.3 Å². The number of aryl methyl sites for hydroxylation is 3. The molecule has 0 radical (unpaired) electrons. The highest BCUT2D eigenvalue weighted by Crippen LogP contribution is 2.59. The average Bonchev–Trinajstić information content (AvgIpc) is 0.723. The first-order valence-corrected chi connectivity index (χ1v) is 32.2. The summed E-state index contributed by atoms with van der Waals surface area (Å²) >= 11 is 0. The Kier molecular flexibility index (Phi) is 18.8. The number of fused-ring (bicyclic) bond motifs is 3. The number of carbonyl (C=O) groups excluding carboxylic acids is 3. The molecule has 3 amide bonds. The summed E-state index contributed by atoms with van der Waals surface area (Å²) in [5, 5.41) is 0. The quantitative estimate of drug-likeness (QED) is 0.0756. The monoisotopic (exact) mass is 1480 g/mol. The molecule has 0 aliphatic carbocycles. The van der Waals surface area contributed by atoms with Gasteiger partial charge in [-0.15, -0.1) is 13.6 Å². The molecule has 6 heterocycles. The number of alkyl halides is 9. The SMILES string of the molecule is Cc1cc(F)ccc1N1CN(c2ccc(=O)n(CO[P+](O)(OCn3c(C)c(N4CN(c5ccc(F)cc5C)c5cc(F)c(C(F)(F)F)cc5C4=O)ccc3=O)OCn3c(C)c(N4CN(c5ccc(F)cc5C)c5cc(F)c(C(F)(F)F)cc5C4=O)ccc3=O)c2C)C(=O)c2cc(C(F)(F)F)c(F)cc21. The second kappa shape index (κ2) is 26.8. The Morgan fingerprint density at radius 3 is 0.808 bits per heavy atom. The third-order valence-electron chi connectivity index (χ3n) is 17.9. The van der Waals surface area contributed by atoms with Gasteiger partial charge in [0.15, 0.2) is 20.2 Å². The molecule has 9 aromatic rings. The van der Waals surface area contributed by atoms with Gasteiger partial charge in [-0.1, -0.05) is 0 Å². The number of anilines is 9. The van der Waals surface area contributed by atoms with Crippen molar-refractivity contribution in [2.24, 2.45) is 0 Å². The van der Waals surface area contributed by atoms with E-state index in [9.17, 15) is 86.3 Å². The van der Waals surface area contributed by atoms with Gasteiger partial charge in [-0.05, 0) is 167 Å². The maximum absolute atomic E-state index is 15.4. The van der Waals surface area contributed by atoms with Crippen LogP contribution >= 0.6 is 8.17 Å². The predicted octanol–water partition coefficient (Wildman–Crippen LogP) is 15.2. The summed E-state index contributed by atoms with van der Waals surface area (Å²) in [6.45, 7) is 2.32. The Morgan fingerprint density at radius 2 is 0.577 bits per heavy atom. The zero-order chi connectivity index (χ0) is 75.5. The van der Waals surface area contributed by atoms with E-state index in [1.165, 1.54) is 74.4 Å². The third-order valence-corrected chi connectivity index (χ3v) is 19.2. The van der Waals surface area contributed by atoms with Crippen molar-refractivity contribution in [1.29, 1.82) is 0 Å². The summed E-state index contributed by atoms with van der Waals surface area (Å²) in [6, 6.07) is 17.9. The maximum atomic E-state index is 15.4. The van der Waals surface area contributed by atoms with E-state index < -0.39 is 170 Å². The number of rotatable bonds is 15. The van der Waals surface area contributed by atoms with Crippen molar-refractivity contribution in [3.63, 3.8) is 0 Å². The normalized spacial score (nSPS) is 14.4. The van der Waals surface area contributed by atoms with E-state index in [1.54, 1.807) is 0 Å². The summed E-state index contributed by atoms with van der Waals surface area (Å²) < 4.78 is 239. The molecular weight excluding hydrogens is 1430 g/mol. The van der Waals surface area contributed by atoms with Gasteiger partial charge in [-0.25, -0.2) is 26.3 Å². The van der Waals surface area contributed by atoms with Crippen LogP contribution in [0, 0.1) is 76.4 Å². The van der Waals surface area contributed by atoms with E-state index in [1.807, 2.05) is 0 Å². The fourth-order valence-electron chi connectivity index (χ4n) is 12.6. The Labute approximate surface area is 577 Å². The molecule has 0 unspecified atom stereocenters. The number of carbonyl (C=O) groups is 3. The predicted molar refractivity (Wildman–Crippen MR) is 348 cm³/mol. The lowest BCUT2D eigenvalue weighted by Crippen LogP contribution is -2.46. The van der Waals surface area contributed by atoms with Crippen molar-refractivity contribution < 1.29 is 98.7 Å². The highest BCUT2D eigenvalue weighted by atomic mass is 31.2. The Balaban J connectivity index is 0.933. The number of aromatic nitrogens is 3. The molecule has 1 N–H and O–H groups in total. The van der Waals surface area contributed by atoms with E-state index in [-0.39, 0.29) is 103 Å². The number of nitrogens with zero attached hydrogens (tertiary/aromatic N) is 9. The molecule has 35 heteroatoms. The first-order valence-electron chi connectivity index (χ1n) is 30.7. The molecule has 19 nitrogen and oxygen atoms in total. The zero-order valence-electron chi connectivity index (χ0n) is 54.6. The van der Waals surface area contributed by atoms with Gasteiger partial charge in [0, 0.05) is 52.3 Å². The van der Waals surface area contributed by atoms with Gasteiger partial charge in [0.05, 0.1) is 67.5 Å². The zero-order valence-corrected chi connectivity index (χ0v) is 55.5. The van der Waals surface area contributed by atoms with E-state index in [0.717, 1.165) is 101 Å². The standard InChI is InChI=1S/C69H52F15N9O10P/c1-34-19-40(70)7-10-52(34)85-28-88(64(97)43-22-46(67(76,77)78)49(73)25-58(43)85)55-13-16-61(94)91(37(55)4)31-101-104(100,102-32-92-38(5)56(14-17-62(92)95)89-29-86(53-11-8-41(71)20-35(53)2)59-26-50(74)47(68(79,80)81)23-44(59)65(89)98)103-33-93-39(6)57(15-18-63(93)96)90-30-87(54-12-9-42(72)21-36(54)3)60-27-51(75)48(69(82,83)84)24-45(60)66(90)99/h7-27,100H,28-33H2,1-6H3/q+1. The van der Waals surface area contributed by atoms with Crippen LogP contribution in [0.25, 0.3) is 0 Å². The molecule has 0 fully saturated rings. The van der Waals surface area contributed by atoms with Crippen LogP contribution in [0.1, 0.15) is 81.5 Å². The van der Waals surface area contributed by atoms with Crippen LogP contribution in [0.15, 0.2) is 142 Å². The van der Waals surface area contributed by atoms with Crippen LogP contribution in [-0.4, -0.2) is 56.3 Å². The first kappa shape index (κ1) is 73.0. The van der Waals surface area contributed by atoms with Gasteiger partial charge >= 0.3 is 26.7 Å². The molecule has 3 aliphatic heterocycles. The topological polar surface area (TPSA) is 185 Å². The van der Waals surface area contributed by atoms with Crippen LogP contribution in [0.4, 0.5) is 117 Å². The largest absolute Gasteiger partial charge is 0.578 e. The second-order valence-electron chi connectivity index (χ2n) is 24.2. The van der Waals surface area contributed by atoms with Gasteiger partial charge in [0.1, 0.15) is 54.9 Å². The summed E-state index contributed by atoms with van der Waals surface area (Å²) in [5.74, 6) is -11.0.